The van der Waals surface area contributed by atoms with Gasteiger partial charge < -0.3 is 10.2 Å². The minimum atomic E-state index is -4.63. The summed E-state index contributed by atoms with van der Waals surface area (Å²) in [5.74, 6) is 0. The Morgan fingerprint density at radius 2 is 1.33 bits per heavy atom. The molecule has 0 fully saturated rings. The fourth-order valence-electron chi connectivity index (χ4n) is 3.20. The van der Waals surface area contributed by atoms with Gasteiger partial charge in [0.25, 0.3) is 10.1 Å². The van der Waals surface area contributed by atoms with Gasteiger partial charge in [-0.25, -0.2) is 0 Å². The number of nitrogens with one attached hydrogen (secondary N) is 1. The molecule has 5 rings (SSSR count). The third-order valence-corrected chi connectivity index (χ3v) is 5.75. The van der Waals surface area contributed by atoms with Crippen LogP contribution in [-0.2, 0) is 10.1 Å². The van der Waals surface area contributed by atoms with E-state index in [1.807, 2.05) is 36.5 Å². The molecule has 0 atom stereocenters. The summed E-state index contributed by atoms with van der Waals surface area (Å²) >= 11 is 0. The van der Waals surface area contributed by atoms with Crippen molar-refractivity contribution >= 4 is 37.5 Å². The Balaban J connectivity index is 0.000000154. The van der Waals surface area contributed by atoms with E-state index >= 15 is 0 Å². The van der Waals surface area contributed by atoms with Gasteiger partial charge in [0.15, 0.2) is 5.71 Å². The molecule has 0 spiro atoms. The summed E-state index contributed by atoms with van der Waals surface area (Å²) in [7, 11) is -4.09. The van der Waals surface area contributed by atoms with Gasteiger partial charge in [-0.2, -0.15) is 21.6 Å². The second kappa shape index (κ2) is 11.5. The molecule has 0 aliphatic carbocycles. The van der Waals surface area contributed by atoms with Crippen molar-refractivity contribution in [2.75, 3.05) is 0 Å². The molecule has 0 unspecified atom stereocenters. The Labute approximate surface area is 205 Å². The fraction of sp³-hybridized carbons (Fsp3) is 0.0385. The summed E-state index contributed by atoms with van der Waals surface area (Å²) in [5, 5.41) is 13.4. The Hall–Kier alpha value is -4.15. The molecule has 186 valence electrons. The number of hydrogen-bond donors (Lipinski definition) is 3. The molecule has 0 saturated heterocycles. The van der Waals surface area contributed by atoms with Crippen molar-refractivity contribution in [2.45, 2.75) is 11.1 Å². The van der Waals surface area contributed by atoms with E-state index in [4.69, 9.17) is 9.76 Å². The number of hydrogen-bond acceptors (Lipinski definition) is 4. The first-order chi connectivity index (χ1) is 17.1. The number of aromatic amines is 1. The molecule has 0 aliphatic heterocycles. The molecular weight excluding hydrogens is 493 g/mol. The van der Waals surface area contributed by atoms with E-state index in [0.29, 0.717) is 0 Å². The number of alkyl halides is 3. The molecule has 4 aromatic carbocycles. The van der Waals surface area contributed by atoms with Crippen molar-refractivity contribution in [3.63, 3.8) is 0 Å². The Morgan fingerprint density at radius 3 is 1.92 bits per heavy atom. The summed E-state index contributed by atoms with van der Waals surface area (Å²) in [6.45, 7) is 0. The van der Waals surface area contributed by atoms with Crippen LogP contribution in [0.15, 0.2) is 119 Å². The second-order valence-electron chi connectivity index (χ2n) is 7.36. The monoisotopic (exact) mass is 514 g/mol. The van der Waals surface area contributed by atoms with Gasteiger partial charge in [-0.1, -0.05) is 84.0 Å². The highest BCUT2D eigenvalue weighted by Gasteiger charge is 2.37. The number of oxime groups is 1. The van der Waals surface area contributed by atoms with Crippen LogP contribution in [0.4, 0.5) is 13.2 Å². The zero-order valence-corrected chi connectivity index (χ0v) is 19.4. The van der Waals surface area contributed by atoms with Crippen LogP contribution in [0.1, 0.15) is 5.56 Å². The quantitative estimate of drug-likeness (QED) is 0.106. The predicted molar refractivity (Wildman–Crippen MR) is 133 cm³/mol. The topological polar surface area (TPSA) is 103 Å². The van der Waals surface area contributed by atoms with Crippen LogP contribution in [-0.4, -0.2) is 35.0 Å². The summed E-state index contributed by atoms with van der Waals surface area (Å²) in [6, 6.07) is 29.0. The van der Waals surface area contributed by atoms with E-state index in [0.717, 1.165) is 10.8 Å². The maximum Gasteiger partial charge on any atom is 0.437 e. The molecule has 1 aromatic heterocycles. The molecule has 0 bridgehead atoms. The van der Waals surface area contributed by atoms with Gasteiger partial charge in [-0.3, -0.25) is 4.55 Å². The van der Waals surface area contributed by atoms with Crippen molar-refractivity contribution in [3.05, 3.63) is 115 Å². The number of aromatic nitrogens is 1. The van der Waals surface area contributed by atoms with Crippen molar-refractivity contribution in [1.29, 1.82) is 0 Å². The van der Waals surface area contributed by atoms with Gasteiger partial charge in [0.05, 0.1) is 4.90 Å². The summed E-state index contributed by atoms with van der Waals surface area (Å²) in [6.07, 6.45) is -2.68. The Morgan fingerprint density at radius 1 is 0.750 bits per heavy atom. The summed E-state index contributed by atoms with van der Waals surface area (Å²) in [5.41, 5.74) is -0.233. The molecular formula is C26H21F3N2O4S. The van der Waals surface area contributed by atoms with Gasteiger partial charge >= 0.3 is 6.18 Å². The molecule has 6 nitrogen and oxygen atoms in total. The number of fused-ring (bicyclic) bond motifs is 2. The van der Waals surface area contributed by atoms with E-state index in [-0.39, 0.29) is 10.5 Å². The largest absolute Gasteiger partial charge is 0.437 e. The average Bonchev–Trinajstić information content (AvgIpc) is 3.33. The lowest BCUT2D eigenvalue weighted by atomic mass is 10.1. The zero-order chi connectivity index (χ0) is 26.2. The highest BCUT2D eigenvalue weighted by atomic mass is 32.2. The van der Waals surface area contributed by atoms with Crippen molar-refractivity contribution in [2.24, 2.45) is 5.16 Å². The maximum atomic E-state index is 12.1. The maximum absolute atomic E-state index is 12.1. The third kappa shape index (κ3) is 7.17. The number of rotatable bonds is 2. The molecule has 5 aromatic rings. The third-order valence-electron chi connectivity index (χ3n) is 4.90. The van der Waals surface area contributed by atoms with Crippen molar-refractivity contribution in [1.82, 2.24) is 4.98 Å². The molecule has 3 N–H and O–H groups in total. The first kappa shape index (κ1) is 26.5. The normalized spacial score (nSPS) is 11.8. The van der Waals surface area contributed by atoms with E-state index in [1.54, 1.807) is 18.2 Å². The van der Waals surface area contributed by atoms with Gasteiger partial charge in [0, 0.05) is 17.3 Å². The number of nitrogens with zero attached hydrogens (tertiary/aromatic N) is 1. The van der Waals surface area contributed by atoms with Gasteiger partial charge in [0.2, 0.25) is 0 Å². The highest BCUT2D eigenvalue weighted by molar-refractivity contribution is 7.85. The Bertz CT molecular complexity index is 1530. The number of H-pyrrole nitrogens is 1. The first-order valence-electron chi connectivity index (χ1n) is 10.4. The molecule has 0 saturated carbocycles. The number of halogens is 3. The lowest BCUT2D eigenvalue weighted by Gasteiger charge is -2.07. The van der Waals surface area contributed by atoms with Crippen LogP contribution in [0.5, 0.6) is 0 Å². The zero-order valence-electron chi connectivity index (χ0n) is 18.6. The summed E-state index contributed by atoms with van der Waals surface area (Å²) < 4.78 is 66.8. The molecule has 10 heteroatoms. The van der Waals surface area contributed by atoms with Crippen molar-refractivity contribution < 1.29 is 31.3 Å². The minimum Gasteiger partial charge on any atom is -0.410 e. The van der Waals surface area contributed by atoms with Crippen LogP contribution < -0.4 is 0 Å². The second-order valence-corrected chi connectivity index (χ2v) is 8.78. The molecule has 0 radical (unpaired) electrons. The van der Waals surface area contributed by atoms with E-state index in [2.05, 4.69) is 28.3 Å². The van der Waals surface area contributed by atoms with Crippen LogP contribution in [0.2, 0.25) is 0 Å². The smallest absolute Gasteiger partial charge is 0.410 e. The van der Waals surface area contributed by atoms with E-state index in [9.17, 15) is 21.6 Å². The van der Waals surface area contributed by atoms with Gasteiger partial charge in [-0.05, 0) is 40.4 Å². The predicted octanol–water partition coefficient (Wildman–Crippen LogP) is 6.68. The lowest BCUT2D eigenvalue weighted by Crippen LogP contribution is -2.23. The van der Waals surface area contributed by atoms with Crippen LogP contribution in [0.3, 0.4) is 0 Å². The molecule has 0 aliphatic rings. The lowest BCUT2D eigenvalue weighted by molar-refractivity contribution is -0.0601. The van der Waals surface area contributed by atoms with E-state index in [1.165, 1.54) is 47.3 Å². The molecule has 36 heavy (non-hydrogen) atoms. The minimum absolute atomic E-state index is 0.0730. The fourth-order valence-corrected chi connectivity index (χ4v) is 3.71. The van der Waals surface area contributed by atoms with Gasteiger partial charge in [-0.15, -0.1) is 0 Å². The standard InChI is InChI=1S/C10H8O3S.C8H6F3NO.C8H7N/c11-14(12,13)10-6-5-8-3-1-2-4-9(8)7-10;9-8(10,11)7(12-13)6-4-2-1-3-5-6;1-2-4-8-7(3-1)5-6-9-8/h1-7H,(H,11,12,13);1-5,13H;1-6,9H. The molecule has 0 amide bonds. The van der Waals surface area contributed by atoms with Crippen LogP contribution in [0, 0.1) is 0 Å². The van der Waals surface area contributed by atoms with Gasteiger partial charge in [0.1, 0.15) is 0 Å². The summed E-state index contributed by atoms with van der Waals surface area (Å²) in [4.78, 5) is 3.05. The first-order valence-corrected chi connectivity index (χ1v) is 11.9. The van der Waals surface area contributed by atoms with Crippen LogP contribution >= 0.6 is 0 Å². The number of para-hydroxylation sites is 1. The van der Waals surface area contributed by atoms with E-state index < -0.39 is 22.0 Å². The Kier molecular flexibility index (Phi) is 8.46. The average molecular weight is 515 g/mol. The number of benzene rings is 4. The van der Waals surface area contributed by atoms with Crippen LogP contribution in [0.25, 0.3) is 21.7 Å². The molecule has 1 heterocycles. The SMILES string of the molecule is O=S(=O)(O)c1ccc2ccccc2c1.ON=C(c1ccccc1)C(F)(F)F.c1ccc2[nH]ccc2c1. The highest BCUT2D eigenvalue weighted by Crippen LogP contribution is 2.22. The van der Waals surface area contributed by atoms with Crippen molar-refractivity contribution in [3.8, 4) is 0 Å².